The Bertz CT molecular complexity index is 493. The van der Waals surface area contributed by atoms with Crippen molar-refractivity contribution in [1.29, 1.82) is 0 Å². The highest BCUT2D eigenvalue weighted by Gasteiger charge is 2.46. The van der Waals surface area contributed by atoms with Crippen molar-refractivity contribution < 1.29 is 14.3 Å². The van der Waals surface area contributed by atoms with Gasteiger partial charge in [-0.1, -0.05) is 0 Å². The van der Waals surface area contributed by atoms with Crippen molar-refractivity contribution in [2.24, 2.45) is 0 Å². The van der Waals surface area contributed by atoms with Crippen LogP contribution in [-0.4, -0.2) is 41.6 Å². The van der Waals surface area contributed by atoms with Gasteiger partial charge in [-0.05, 0) is 36.4 Å². The Labute approximate surface area is 115 Å². The zero-order valence-electron chi connectivity index (χ0n) is 10.5. The number of nitrogens with zero attached hydrogens (tertiary/aromatic N) is 2. The van der Waals surface area contributed by atoms with E-state index in [-0.39, 0.29) is 18.0 Å². The summed E-state index contributed by atoms with van der Waals surface area (Å²) < 4.78 is 5.08. The molecule has 1 atom stereocenters. The lowest BCUT2D eigenvalue weighted by molar-refractivity contribution is -0.119. The number of ether oxygens (including phenoxy) is 1. The number of imide groups is 1. The number of amides is 3. The molecule has 1 aromatic rings. The van der Waals surface area contributed by atoms with Crippen LogP contribution in [0.15, 0.2) is 24.3 Å². The molecule has 3 rings (SSSR count). The first-order chi connectivity index (χ1) is 9.22. The molecule has 5 nitrogen and oxygen atoms in total. The molecule has 0 aliphatic carbocycles. The lowest BCUT2D eigenvalue weighted by atomic mass is 10.2. The maximum Gasteiger partial charge on any atom is 0.332 e. The lowest BCUT2D eigenvalue weighted by Gasteiger charge is -2.25. The van der Waals surface area contributed by atoms with E-state index >= 15 is 0 Å². The number of rotatable bonds is 2. The maximum atomic E-state index is 12.3. The summed E-state index contributed by atoms with van der Waals surface area (Å²) in [6.07, 6.45) is 0.738. The Kier molecular flexibility index (Phi) is 3.10. The second-order valence-electron chi connectivity index (χ2n) is 4.47. The summed E-state index contributed by atoms with van der Waals surface area (Å²) in [5.74, 6) is 2.12. The Hall–Kier alpha value is -1.69. The van der Waals surface area contributed by atoms with Crippen molar-refractivity contribution in [2.45, 2.75) is 12.5 Å². The second kappa shape index (κ2) is 4.77. The molecule has 0 radical (unpaired) electrons. The van der Waals surface area contributed by atoms with E-state index in [1.165, 1.54) is 4.90 Å². The van der Waals surface area contributed by atoms with Crippen LogP contribution in [0.4, 0.5) is 10.5 Å². The summed E-state index contributed by atoms with van der Waals surface area (Å²) in [5, 5.41) is 0. The van der Waals surface area contributed by atoms with Gasteiger partial charge >= 0.3 is 6.03 Å². The van der Waals surface area contributed by atoms with Crippen molar-refractivity contribution in [3.05, 3.63) is 24.3 Å². The van der Waals surface area contributed by atoms with E-state index in [0.717, 1.165) is 12.2 Å². The average molecular weight is 278 g/mol. The summed E-state index contributed by atoms with van der Waals surface area (Å²) >= 11 is 1.69. The van der Waals surface area contributed by atoms with E-state index < -0.39 is 0 Å². The van der Waals surface area contributed by atoms with Gasteiger partial charge in [0, 0.05) is 0 Å². The van der Waals surface area contributed by atoms with Crippen LogP contribution in [-0.2, 0) is 4.79 Å². The summed E-state index contributed by atoms with van der Waals surface area (Å²) in [4.78, 5) is 27.5. The summed E-state index contributed by atoms with van der Waals surface area (Å²) in [7, 11) is 1.58. The fraction of sp³-hybridized carbons (Fsp3) is 0.385. The van der Waals surface area contributed by atoms with Crippen molar-refractivity contribution in [3.8, 4) is 5.75 Å². The number of hydrogen-bond acceptors (Lipinski definition) is 4. The van der Waals surface area contributed by atoms with E-state index in [2.05, 4.69) is 0 Å². The van der Waals surface area contributed by atoms with Gasteiger partial charge in [0.2, 0.25) is 0 Å². The van der Waals surface area contributed by atoms with Crippen LogP contribution in [0, 0.1) is 0 Å². The molecule has 0 bridgehead atoms. The lowest BCUT2D eigenvalue weighted by Crippen LogP contribution is -2.38. The van der Waals surface area contributed by atoms with Gasteiger partial charge in [-0.3, -0.25) is 4.79 Å². The molecule has 2 fully saturated rings. The van der Waals surface area contributed by atoms with Crippen molar-refractivity contribution >= 4 is 29.4 Å². The largest absolute Gasteiger partial charge is 0.497 e. The zero-order valence-corrected chi connectivity index (χ0v) is 11.4. The normalized spacial score (nSPS) is 22.7. The quantitative estimate of drug-likeness (QED) is 0.776. The Morgan fingerprint density at radius 3 is 2.63 bits per heavy atom. The van der Waals surface area contributed by atoms with E-state index in [1.807, 2.05) is 0 Å². The van der Waals surface area contributed by atoms with Gasteiger partial charge in [0.15, 0.2) is 0 Å². The fourth-order valence-electron chi connectivity index (χ4n) is 2.39. The number of carbonyl (C=O) groups is 2. The molecule has 2 aliphatic rings. The average Bonchev–Trinajstić information content (AvgIpc) is 2.72. The van der Waals surface area contributed by atoms with E-state index in [9.17, 15) is 9.59 Å². The Morgan fingerprint density at radius 1 is 1.26 bits per heavy atom. The van der Waals surface area contributed by atoms with Gasteiger partial charge in [0.05, 0.1) is 18.7 Å². The number of urea groups is 1. The van der Waals surface area contributed by atoms with E-state index in [1.54, 1.807) is 48.0 Å². The minimum Gasteiger partial charge on any atom is -0.497 e. The second-order valence-corrected chi connectivity index (χ2v) is 5.54. The van der Waals surface area contributed by atoms with Gasteiger partial charge < -0.3 is 9.64 Å². The zero-order chi connectivity index (χ0) is 13.4. The first-order valence-corrected chi connectivity index (χ1v) is 7.24. The molecule has 0 saturated carbocycles. The van der Waals surface area contributed by atoms with Crippen LogP contribution in [0.2, 0.25) is 0 Å². The smallest absolute Gasteiger partial charge is 0.332 e. The highest BCUT2D eigenvalue weighted by Crippen LogP contribution is 2.32. The maximum absolute atomic E-state index is 12.3. The van der Waals surface area contributed by atoms with Crippen LogP contribution in [0.5, 0.6) is 5.75 Å². The van der Waals surface area contributed by atoms with Gasteiger partial charge in [-0.15, -0.1) is 11.8 Å². The number of methoxy groups -OCH3 is 1. The molecule has 100 valence electrons. The van der Waals surface area contributed by atoms with E-state index in [0.29, 0.717) is 17.3 Å². The van der Waals surface area contributed by atoms with Crippen LogP contribution >= 0.6 is 11.8 Å². The molecular weight excluding hydrogens is 264 g/mol. The van der Waals surface area contributed by atoms with Crippen LogP contribution in [0.1, 0.15) is 6.42 Å². The van der Waals surface area contributed by atoms with Crippen molar-refractivity contribution in [3.63, 3.8) is 0 Å². The highest BCUT2D eigenvalue weighted by atomic mass is 32.2. The number of anilines is 1. The SMILES string of the molecule is COc1ccc(N2C(=O)[C@@H]3CCSCN3C2=O)cc1. The van der Waals surface area contributed by atoms with Crippen LogP contribution in [0.3, 0.4) is 0 Å². The van der Waals surface area contributed by atoms with E-state index in [4.69, 9.17) is 4.74 Å². The minimum absolute atomic E-state index is 0.115. The number of benzene rings is 1. The molecule has 0 spiro atoms. The predicted molar refractivity (Wildman–Crippen MR) is 73.4 cm³/mol. The van der Waals surface area contributed by atoms with Crippen LogP contribution < -0.4 is 9.64 Å². The Morgan fingerprint density at radius 2 is 2.00 bits per heavy atom. The van der Waals surface area contributed by atoms with Crippen molar-refractivity contribution in [2.75, 3.05) is 23.6 Å². The molecular formula is C13H14N2O3S. The highest BCUT2D eigenvalue weighted by molar-refractivity contribution is 7.99. The number of thioether (sulfide) groups is 1. The van der Waals surface area contributed by atoms with Gasteiger partial charge in [-0.25, -0.2) is 9.69 Å². The Balaban J connectivity index is 1.91. The number of fused-ring (bicyclic) bond motifs is 1. The molecule has 3 amide bonds. The van der Waals surface area contributed by atoms with Gasteiger partial charge in [0.1, 0.15) is 11.8 Å². The number of carbonyl (C=O) groups excluding carboxylic acids is 2. The summed E-state index contributed by atoms with van der Waals surface area (Å²) in [6, 6.07) is 6.48. The number of hydrogen-bond donors (Lipinski definition) is 0. The molecule has 2 saturated heterocycles. The monoisotopic (exact) mass is 278 g/mol. The van der Waals surface area contributed by atoms with Gasteiger partial charge in [-0.2, -0.15) is 0 Å². The fourth-order valence-corrected chi connectivity index (χ4v) is 3.40. The molecule has 2 heterocycles. The molecule has 19 heavy (non-hydrogen) atoms. The summed E-state index contributed by atoms with van der Waals surface area (Å²) in [6.45, 7) is 0. The first kappa shape index (κ1) is 12.3. The third kappa shape index (κ3) is 1.96. The molecule has 2 aliphatic heterocycles. The molecule has 0 N–H and O–H groups in total. The molecule has 0 aromatic heterocycles. The predicted octanol–water partition coefficient (Wildman–Crippen LogP) is 1.93. The minimum atomic E-state index is -0.282. The van der Waals surface area contributed by atoms with Crippen LogP contribution in [0.25, 0.3) is 0 Å². The van der Waals surface area contributed by atoms with Crippen molar-refractivity contribution in [1.82, 2.24) is 4.90 Å². The third-order valence-corrected chi connectivity index (χ3v) is 4.40. The summed E-state index contributed by atoms with van der Waals surface area (Å²) in [5.41, 5.74) is 0.607. The topological polar surface area (TPSA) is 49.9 Å². The molecule has 1 aromatic carbocycles. The third-order valence-electron chi connectivity index (χ3n) is 3.42. The molecule has 0 unspecified atom stereocenters. The standard InChI is InChI=1S/C13H14N2O3S/c1-18-10-4-2-9(3-5-10)15-12(16)11-6-7-19-8-14(11)13(15)17/h2-5,11H,6-8H2,1H3/t11-/m0/s1. The van der Waals surface area contributed by atoms with Gasteiger partial charge in [0.25, 0.3) is 5.91 Å². The first-order valence-electron chi connectivity index (χ1n) is 6.09. The molecule has 6 heteroatoms.